The van der Waals surface area contributed by atoms with Crippen LogP contribution >= 0.6 is 0 Å². The van der Waals surface area contributed by atoms with E-state index in [0.29, 0.717) is 6.54 Å². The maximum absolute atomic E-state index is 12.9. The Morgan fingerprint density at radius 1 is 1.06 bits per heavy atom. The maximum atomic E-state index is 12.9. The molecule has 0 aliphatic rings. The molecule has 36 heavy (non-hydrogen) atoms. The molecule has 1 aromatic heterocycles. The molecule has 2 rings (SSSR count). The number of aromatic nitrogens is 1. The van der Waals surface area contributed by atoms with Crippen molar-refractivity contribution in [3.63, 3.8) is 0 Å². The average Bonchev–Trinajstić information content (AvgIpc) is 3.24. The zero-order valence-electron chi connectivity index (χ0n) is 21.1. The monoisotopic (exact) mass is 524 g/mol. The van der Waals surface area contributed by atoms with Gasteiger partial charge in [-0.05, 0) is 23.8 Å². The number of anilines is 1. The Hall–Kier alpha value is -2.96. The van der Waals surface area contributed by atoms with E-state index in [1.807, 2.05) is 24.6 Å². The number of aliphatic hydroxyl groups is 2. The van der Waals surface area contributed by atoms with Crippen LogP contribution < -0.4 is 15.4 Å². The molecule has 0 saturated heterocycles. The summed E-state index contributed by atoms with van der Waals surface area (Å²) in [6.45, 7) is 7.85. The lowest BCUT2D eigenvalue weighted by Gasteiger charge is -2.33. The summed E-state index contributed by atoms with van der Waals surface area (Å²) in [5.41, 5.74) is 0.551. The molecule has 0 fully saturated rings. The first kappa shape index (κ1) is 29.3. The largest absolute Gasteiger partial charge is 0.431 e. The van der Waals surface area contributed by atoms with Crippen molar-refractivity contribution in [1.82, 2.24) is 15.6 Å². The second kappa shape index (κ2) is 12.8. The number of benzene rings is 1. The van der Waals surface area contributed by atoms with Gasteiger partial charge in [-0.25, -0.2) is 13.1 Å². The maximum Gasteiger partial charge on any atom is 0.309 e. The number of rotatable bonds is 13. The highest BCUT2D eigenvalue weighted by Crippen LogP contribution is 2.22. The third kappa shape index (κ3) is 8.92. The van der Waals surface area contributed by atoms with Gasteiger partial charge in [0.15, 0.2) is 5.69 Å². The molecule has 0 unspecified atom stereocenters. The Balaban J connectivity index is 2.27. The molecule has 0 aliphatic carbocycles. The van der Waals surface area contributed by atoms with Crippen molar-refractivity contribution in [2.24, 2.45) is 17.8 Å². The summed E-state index contributed by atoms with van der Waals surface area (Å²) in [5, 5.41) is 27.7. The third-order valence-corrected chi connectivity index (χ3v) is 6.01. The van der Waals surface area contributed by atoms with Crippen LogP contribution in [-0.4, -0.2) is 66.5 Å². The fourth-order valence-electron chi connectivity index (χ4n) is 3.68. The minimum absolute atomic E-state index is 0.148. The van der Waals surface area contributed by atoms with Crippen LogP contribution in [0.1, 0.15) is 43.7 Å². The Morgan fingerprint density at radius 2 is 1.69 bits per heavy atom. The molecular weight excluding hydrogens is 488 g/mol. The summed E-state index contributed by atoms with van der Waals surface area (Å²) in [5.74, 6) is -2.15. The minimum Gasteiger partial charge on any atom is -0.431 e. The van der Waals surface area contributed by atoms with E-state index in [9.17, 15) is 28.2 Å². The van der Waals surface area contributed by atoms with Crippen molar-refractivity contribution in [1.29, 1.82) is 0 Å². The lowest BCUT2D eigenvalue weighted by atomic mass is 9.83. The summed E-state index contributed by atoms with van der Waals surface area (Å²) < 4.78 is 29.8. The van der Waals surface area contributed by atoms with Crippen molar-refractivity contribution in [2.45, 2.75) is 52.4 Å². The number of amides is 2. The molecular formula is C24H36N4O7S. The zero-order valence-corrected chi connectivity index (χ0v) is 22.0. The van der Waals surface area contributed by atoms with Crippen molar-refractivity contribution >= 4 is 27.9 Å². The number of hydrogen-bond donors (Lipinski definition) is 5. The number of aliphatic hydroxyl groups excluding tert-OH is 2. The van der Waals surface area contributed by atoms with Crippen LogP contribution in [0.2, 0.25) is 0 Å². The second-order valence-corrected chi connectivity index (χ2v) is 11.3. The van der Waals surface area contributed by atoms with Gasteiger partial charge in [0.2, 0.25) is 15.9 Å². The predicted octanol–water partition coefficient (Wildman–Crippen LogP) is 1.15. The molecule has 0 radical (unpaired) electrons. The fraction of sp³-hybridized carbons (Fsp3) is 0.542. The van der Waals surface area contributed by atoms with E-state index in [0.717, 1.165) is 18.1 Å². The molecule has 200 valence electrons. The lowest BCUT2D eigenvalue weighted by molar-refractivity contribution is -0.135. The summed E-state index contributed by atoms with van der Waals surface area (Å²) in [4.78, 5) is 29.5. The molecule has 2 amide bonds. The van der Waals surface area contributed by atoms with E-state index in [1.54, 1.807) is 38.1 Å². The first-order valence-corrected chi connectivity index (χ1v) is 13.6. The van der Waals surface area contributed by atoms with Crippen LogP contribution in [0.3, 0.4) is 0 Å². The molecule has 5 N–H and O–H groups in total. The van der Waals surface area contributed by atoms with Crippen LogP contribution in [0.4, 0.5) is 6.01 Å². The summed E-state index contributed by atoms with van der Waals surface area (Å²) >= 11 is 0. The van der Waals surface area contributed by atoms with E-state index < -0.39 is 40.1 Å². The number of hydrogen-bond acceptors (Lipinski definition) is 8. The van der Waals surface area contributed by atoms with Gasteiger partial charge in [0.25, 0.3) is 5.91 Å². The Labute approximate surface area is 211 Å². The average molecular weight is 525 g/mol. The second-order valence-electron chi connectivity index (χ2n) is 9.57. The van der Waals surface area contributed by atoms with E-state index in [1.165, 1.54) is 0 Å². The molecule has 4 atom stereocenters. The molecule has 2 aromatic rings. The van der Waals surface area contributed by atoms with Gasteiger partial charge in [-0.1, -0.05) is 58.0 Å². The minimum atomic E-state index is -3.66. The molecule has 12 heteroatoms. The van der Waals surface area contributed by atoms with Crippen molar-refractivity contribution in [3.8, 4) is 0 Å². The lowest BCUT2D eigenvalue weighted by Crippen LogP contribution is -2.55. The first-order valence-electron chi connectivity index (χ1n) is 11.7. The number of oxazole rings is 1. The smallest absolute Gasteiger partial charge is 0.309 e. The van der Waals surface area contributed by atoms with Gasteiger partial charge in [0.1, 0.15) is 12.4 Å². The highest BCUT2D eigenvalue weighted by atomic mass is 32.2. The number of carbonyl (C=O) groups excluding carboxylic acids is 2. The Bertz CT molecular complexity index is 1100. The van der Waals surface area contributed by atoms with Crippen molar-refractivity contribution < 1.29 is 32.6 Å². The number of nitrogens with zero attached hydrogens (tertiary/aromatic N) is 1. The highest BCUT2D eigenvalue weighted by Gasteiger charge is 2.38. The number of sulfonamides is 1. The summed E-state index contributed by atoms with van der Waals surface area (Å²) in [7, 11) is -3.66. The van der Waals surface area contributed by atoms with Gasteiger partial charge in [-0.3, -0.25) is 9.59 Å². The first-order chi connectivity index (χ1) is 16.8. The van der Waals surface area contributed by atoms with Gasteiger partial charge in [-0.2, -0.15) is 4.98 Å². The highest BCUT2D eigenvalue weighted by molar-refractivity contribution is 7.91. The van der Waals surface area contributed by atoms with E-state index in [4.69, 9.17) is 4.42 Å². The van der Waals surface area contributed by atoms with Crippen molar-refractivity contribution in [3.05, 3.63) is 47.9 Å². The van der Waals surface area contributed by atoms with Gasteiger partial charge < -0.3 is 25.3 Å². The van der Waals surface area contributed by atoms with E-state index >= 15 is 0 Å². The molecule has 11 nitrogen and oxygen atoms in total. The molecule has 0 saturated carbocycles. The van der Waals surface area contributed by atoms with E-state index in [-0.39, 0.29) is 35.9 Å². The van der Waals surface area contributed by atoms with Crippen LogP contribution in [0, 0.1) is 17.8 Å². The van der Waals surface area contributed by atoms with Crippen LogP contribution in [0.25, 0.3) is 0 Å². The number of nitrogens with one attached hydrogen (secondary N) is 3. The van der Waals surface area contributed by atoms with Gasteiger partial charge in [0.05, 0.1) is 24.3 Å². The molecule has 1 heterocycles. The molecule has 1 aromatic carbocycles. The summed E-state index contributed by atoms with van der Waals surface area (Å²) in [6, 6.07) is 7.64. The zero-order chi connectivity index (χ0) is 27.0. The molecule has 0 aliphatic heterocycles. The SMILES string of the molecule is CC(C)CNC(=O)[C@H](C(C)C)[C@@H](O)[C@H](O)[C@H](Cc1ccccc1)NC(=O)c1coc(NS(C)(=O)=O)n1. The van der Waals surface area contributed by atoms with Gasteiger partial charge >= 0.3 is 6.01 Å². The topological polar surface area (TPSA) is 171 Å². The van der Waals surface area contributed by atoms with E-state index in [2.05, 4.69) is 15.6 Å². The summed E-state index contributed by atoms with van der Waals surface area (Å²) in [6.07, 6.45) is -0.956. The quantitative estimate of drug-likeness (QED) is 0.260. The molecule has 0 spiro atoms. The normalized spacial score (nSPS) is 15.2. The number of carbonyl (C=O) groups is 2. The van der Waals surface area contributed by atoms with Gasteiger partial charge in [0, 0.05) is 6.54 Å². The Kier molecular flexibility index (Phi) is 10.4. The van der Waals surface area contributed by atoms with Gasteiger partial charge in [-0.15, -0.1) is 0 Å². The van der Waals surface area contributed by atoms with Crippen LogP contribution in [-0.2, 0) is 21.2 Å². The van der Waals surface area contributed by atoms with Crippen molar-refractivity contribution in [2.75, 3.05) is 17.5 Å². The fourth-order valence-corrected chi connectivity index (χ4v) is 4.09. The predicted molar refractivity (Wildman–Crippen MR) is 135 cm³/mol. The Morgan fingerprint density at radius 3 is 2.25 bits per heavy atom. The molecule has 0 bridgehead atoms. The van der Waals surface area contributed by atoms with Crippen LogP contribution in [0.5, 0.6) is 0 Å². The standard InChI is InChI=1S/C24H36N4O7S/c1-14(2)12-25-23(32)19(15(3)4)21(30)20(29)17(11-16-9-7-6-8-10-16)26-22(31)18-13-35-24(27-18)28-36(5,33)34/h6-10,13-15,17,19-21,29-30H,11-12H2,1-5H3,(H,25,32)(H,26,31)(H,27,28)/t17-,19+,20+,21+/m0/s1. The van der Waals surface area contributed by atoms with Crippen LogP contribution in [0.15, 0.2) is 41.0 Å². The third-order valence-electron chi connectivity index (χ3n) is 5.46.